The van der Waals surface area contributed by atoms with Crippen LogP contribution in [-0.2, 0) is 13.0 Å². The van der Waals surface area contributed by atoms with Crippen molar-refractivity contribution in [3.8, 4) is 0 Å². The van der Waals surface area contributed by atoms with Gasteiger partial charge in [0.05, 0.1) is 0 Å². The number of fused-ring (bicyclic) bond motifs is 1. The standard InChI is InChI=1S/C16H17N3O/c20-11-5-10-19-15(12-13-6-2-1-3-7-13)18-14-8-4-9-17-16(14)19/h1-4,6-9,20H,5,10-12H2. The monoisotopic (exact) mass is 267 g/mol. The molecule has 2 heterocycles. The van der Waals surface area contributed by atoms with E-state index in [4.69, 9.17) is 5.11 Å². The van der Waals surface area contributed by atoms with E-state index in [-0.39, 0.29) is 6.61 Å². The van der Waals surface area contributed by atoms with Gasteiger partial charge in [0.2, 0.25) is 0 Å². The second-order valence-corrected chi connectivity index (χ2v) is 4.77. The molecule has 1 N–H and O–H groups in total. The fourth-order valence-electron chi connectivity index (χ4n) is 2.38. The lowest BCUT2D eigenvalue weighted by Crippen LogP contribution is -2.06. The molecule has 4 nitrogen and oxygen atoms in total. The molecule has 0 bridgehead atoms. The van der Waals surface area contributed by atoms with Crippen LogP contribution in [0.25, 0.3) is 11.2 Å². The molecule has 0 atom stereocenters. The zero-order chi connectivity index (χ0) is 13.8. The van der Waals surface area contributed by atoms with Gasteiger partial charge in [-0.05, 0) is 24.1 Å². The number of aromatic nitrogens is 3. The highest BCUT2D eigenvalue weighted by molar-refractivity contribution is 5.71. The van der Waals surface area contributed by atoms with Crippen LogP contribution in [0.2, 0.25) is 0 Å². The van der Waals surface area contributed by atoms with Crippen molar-refractivity contribution in [3.05, 3.63) is 60.0 Å². The smallest absolute Gasteiger partial charge is 0.159 e. The van der Waals surface area contributed by atoms with Crippen molar-refractivity contribution in [2.24, 2.45) is 0 Å². The number of aliphatic hydroxyl groups excluding tert-OH is 1. The Morgan fingerprint density at radius 1 is 1.05 bits per heavy atom. The summed E-state index contributed by atoms with van der Waals surface area (Å²) in [4.78, 5) is 9.09. The summed E-state index contributed by atoms with van der Waals surface area (Å²) in [7, 11) is 0. The predicted octanol–water partition coefficient (Wildman–Crippen LogP) is 2.40. The SMILES string of the molecule is OCCCn1c(Cc2ccccc2)nc2cccnc21. The highest BCUT2D eigenvalue weighted by atomic mass is 16.3. The minimum Gasteiger partial charge on any atom is -0.396 e. The van der Waals surface area contributed by atoms with Crippen molar-refractivity contribution in [3.63, 3.8) is 0 Å². The van der Waals surface area contributed by atoms with E-state index in [1.807, 2.05) is 30.3 Å². The number of aliphatic hydroxyl groups is 1. The Bertz CT molecular complexity index is 691. The largest absolute Gasteiger partial charge is 0.396 e. The van der Waals surface area contributed by atoms with Crippen molar-refractivity contribution in [2.45, 2.75) is 19.4 Å². The molecule has 0 radical (unpaired) electrons. The number of aryl methyl sites for hydroxylation is 1. The number of hydrogen-bond donors (Lipinski definition) is 1. The third kappa shape index (κ3) is 2.56. The van der Waals surface area contributed by atoms with Crippen molar-refractivity contribution in [1.29, 1.82) is 0 Å². The Kier molecular flexibility index (Phi) is 3.74. The molecule has 0 saturated heterocycles. The van der Waals surface area contributed by atoms with Crippen LogP contribution < -0.4 is 0 Å². The number of rotatable bonds is 5. The molecule has 0 aliphatic rings. The number of imidazole rings is 1. The van der Waals surface area contributed by atoms with Crippen LogP contribution in [0.1, 0.15) is 17.8 Å². The van der Waals surface area contributed by atoms with Gasteiger partial charge in [0.1, 0.15) is 11.3 Å². The van der Waals surface area contributed by atoms with Gasteiger partial charge in [-0.2, -0.15) is 0 Å². The van der Waals surface area contributed by atoms with E-state index in [0.29, 0.717) is 6.42 Å². The van der Waals surface area contributed by atoms with E-state index in [9.17, 15) is 0 Å². The Morgan fingerprint density at radius 3 is 2.70 bits per heavy atom. The molecule has 0 fully saturated rings. The third-order valence-corrected chi connectivity index (χ3v) is 3.33. The average Bonchev–Trinajstić information content (AvgIpc) is 2.83. The maximum atomic E-state index is 9.06. The average molecular weight is 267 g/mol. The molecule has 0 spiro atoms. The summed E-state index contributed by atoms with van der Waals surface area (Å²) in [6, 6.07) is 14.2. The topological polar surface area (TPSA) is 50.9 Å². The molecule has 20 heavy (non-hydrogen) atoms. The Balaban J connectivity index is 2.00. The predicted molar refractivity (Wildman–Crippen MR) is 78.5 cm³/mol. The van der Waals surface area contributed by atoms with Gasteiger partial charge in [0, 0.05) is 25.8 Å². The number of hydrogen-bond acceptors (Lipinski definition) is 3. The summed E-state index contributed by atoms with van der Waals surface area (Å²) in [5, 5.41) is 9.06. The first kappa shape index (κ1) is 12.8. The summed E-state index contributed by atoms with van der Waals surface area (Å²) in [5.41, 5.74) is 3.04. The molecule has 0 unspecified atom stereocenters. The van der Waals surface area contributed by atoms with Gasteiger partial charge in [0.25, 0.3) is 0 Å². The Morgan fingerprint density at radius 2 is 1.90 bits per heavy atom. The summed E-state index contributed by atoms with van der Waals surface area (Å²) >= 11 is 0. The lowest BCUT2D eigenvalue weighted by Gasteiger charge is -2.07. The molecule has 2 aromatic heterocycles. The van der Waals surface area contributed by atoms with Crippen LogP contribution in [0, 0.1) is 0 Å². The lowest BCUT2D eigenvalue weighted by atomic mass is 10.1. The van der Waals surface area contributed by atoms with Crippen LogP contribution in [-0.4, -0.2) is 26.2 Å². The minimum absolute atomic E-state index is 0.178. The Hall–Kier alpha value is -2.20. The van der Waals surface area contributed by atoms with E-state index in [1.54, 1.807) is 6.20 Å². The molecule has 4 heteroatoms. The summed E-state index contributed by atoms with van der Waals surface area (Å²) in [5.74, 6) is 0.998. The number of nitrogens with zero attached hydrogens (tertiary/aromatic N) is 3. The Labute approximate surface area is 117 Å². The van der Waals surface area contributed by atoms with E-state index in [0.717, 1.165) is 30.0 Å². The normalized spacial score (nSPS) is 11.1. The molecule has 3 aromatic rings. The molecule has 0 amide bonds. The quantitative estimate of drug-likeness (QED) is 0.772. The van der Waals surface area contributed by atoms with Crippen LogP contribution in [0.4, 0.5) is 0 Å². The van der Waals surface area contributed by atoms with Gasteiger partial charge in [-0.15, -0.1) is 0 Å². The van der Waals surface area contributed by atoms with Gasteiger partial charge < -0.3 is 9.67 Å². The molecular weight excluding hydrogens is 250 g/mol. The molecule has 0 aliphatic carbocycles. The van der Waals surface area contributed by atoms with Crippen molar-refractivity contribution < 1.29 is 5.11 Å². The summed E-state index contributed by atoms with van der Waals surface area (Å²) in [6.45, 7) is 0.920. The molecule has 3 rings (SSSR count). The van der Waals surface area contributed by atoms with Crippen LogP contribution in [0.15, 0.2) is 48.7 Å². The first-order valence-corrected chi connectivity index (χ1v) is 6.83. The van der Waals surface area contributed by atoms with E-state index in [1.165, 1.54) is 5.56 Å². The summed E-state index contributed by atoms with van der Waals surface area (Å²) < 4.78 is 2.11. The number of pyridine rings is 1. The maximum absolute atomic E-state index is 9.06. The van der Waals surface area contributed by atoms with Crippen LogP contribution in [0.5, 0.6) is 0 Å². The maximum Gasteiger partial charge on any atom is 0.159 e. The zero-order valence-electron chi connectivity index (χ0n) is 11.2. The third-order valence-electron chi connectivity index (χ3n) is 3.33. The van der Waals surface area contributed by atoms with Crippen molar-refractivity contribution >= 4 is 11.2 Å². The van der Waals surface area contributed by atoms with E-state index in [2.05, 4.69) is 26.7 Å². The molecule has 1 aromatic carbocycles. The van der Waals surface area contributed by atoms with Crippen LogP contribution in [0.3, 0.4) is 0 Å². The highest BCUT2D eigenvalue weighted by Gasteiger charge is 2.11. The minimum atomic E-state index is 0.178. The van der Waals surface area contributed by atoms with Gasteiger partial charge in [-0.1, -0.05) is 30.3 Å². The van der Waals surface area contributed by atoms with E-state index >= 15 is 0 Å². The molecule has 0 aliphatic heterocycles. The number of benzene rings is 1. The lowest BCUT2D eigenvalue weighted by molar-refractivity contribution is 0.280. The fraction of sp³-hybridized carbons (Fsp3) is 0.250. The molecular formula is C16H17N3O. The van der Waals surface area contributed by atoms with Gasteiger partial charge in [-0.3, -0.25) is 0 Å². The van der Waals surface area contributed by atoms with Gasteiger partial charge in [0.15, 0.2) is 5.65 Å². The second-order valence-electron chi connectivity index (χ2n) is 4.77. The summed E-state index contributed by atoms with van der Waals surface area (Å²) in [6.07, 6.45) is 3.28. The zero-order valence-corrected chi connectivity index (χ0v) is 11.2. The van der Waals surface area contributed by atoms with Gasteiger partial charge in [-0.25, -0.2) is 9.97 Å². The first-order valence-electron chi connectivity index (χ1n) is 6.83. The second kappa shape index (κ2) is 5.84. The van der Waals surface area contributed by atoms with Crippen molar-refractivity contribution in [1.82, 2.24) is 14.5 Å². The highest BCUT2D eigenvalue weighted by Crippen LogP contribution is 2.17. The van der Waals surface area contributed by atoms with Crippen LogP contribution >= 0.6 is 0 Å². The molecule has 102 valence electrons. The molecule has 0 saturated carbocycles. The fourth-order valence-corrected chi connectivity index (χ4v) is 2.38. The van der Waals surface area contributed by atoms with Gasteiger partial charge >= 0.3 is 0 Å². The first-order chi connectivity index (χ1) is 9.88. The van der Waals surface area contributed by atoms with Crippen molar-refractivity contribution in [2.75, 3.05) is 6.61 Å². The van der Waals surface area contributed by atoms with E-state index < -0.39 is 0 Å².